The molecule has 1 aliphatic rings. The Morgan fingerprint density at radius 1 is 0.320 bits per heavy atom. The minimum absolute atomic E-state index is 0.0219. The summed E-state index contributed by atoms with van der Waals surface area (Å²) in [7, 11) is -4.98. The quantitative estimate of drug-likeness (QED) is 0.0156. The van der Waals surface area contributed by atoms with Crippen molar-refractivity contribution < 1.29 is 65.7 Å². The number of carbonyl (C=O) groups is 3. The van der Waals surface area contributed by atoms with Gasteiger partial charge in [-0.3, -0.25) is 28.0 Å². The second kappa shape index (κ2) is 50.7. The maximum Gasteiger partial charge on any atom is 0.475 e. The van der Waals surface area contributed by atoms with E-state index in [1.165, 1.54) is 109 Å². The molecule has 0 amide bonds. The van der Waals surface area contributed by atoms with E-state index in [2.05, 4.69) is 20.8 Å². The van der Waals surface area contributed by atoms with Crippen LogP contribution < -0.4 is 0 Å². The summed E-state index contributed by atoms with van der Waals surface area (Å²) in [6.45, 7) is 5.66. The fourth-order valence-corrected chi connectivity index (χ4v) is 13.7. The van der Waals surface area contributed by atoms with Gasteiger partial charge in [-0.1, -0.05) is 339 Å². The average molecular weight is 1360 g/mol. The van der Waals surface area contributed by atoms with Gasteiger partial charge in [0.25, 0.3) is 0 Å². The lowest BCUT2D eigenvalue weighted by Gasteiger charge is -2.49. The first-order valence-electron chi connectivity index (χ1n) is 37.4. The smallest absolute Gasteiger partial charge is 0.462 e. The van der Waals surface area contributed by atoms with Crippen molar-refractivity contribution in [1.29, 1.82) is 0 Å². The van der Waals surface area contributed by atoms with Crippen molar-refractivity contribution >= 4 is 25.7 Å². The van der Waals surface area contributed by atoms with E-state index in [4.69, 9.17) is 46.7 Å². The molecular formula is C82H119O14P. The third-order valence-electron chi connectivity index (χ3n) is 17.9. The topological polar surface area (TPSA) is 161 Å². The molecule has 1 saturated carbocycles. The lowest BCUT2D eigenvalue weighted by Crippen LogP contribution is -2.67. The lowest BCUT2D eigenvalue weighted by atomic mass is 9.83. The van der Waals surface area contributed by atoms with Gasteiger partial charge in [0, 0.05) is 19.3 Å². The molecule has 14 nitrogen and oxygen atoms in total. The Morgan fingerprint density at radius 3 is 0.979 bits per heavy atom. The molecule has 0 saturated heterocycles. The molecule has 0 radical (unpaired) electrons. The SMILES string of the molecule is CCCCCCCCCCCCCCCC(=O)O[C@H](COC(=O)CCCCC)COP(=O)(OCc1ccccc1)O[C@H]1[C@H](OCc2ccccc2)[C@@H](OCc2ccccc2)[C@H](OCc2ccccc2)[C@@H](OCc2ccccc2)[C@H]1OC(=O)CCCCCCCCCCCCCCC. The molecule has 0 aliphatic heterocycles. The third-order valence-corrected chi connectivity index (χ3v) is 19.3. The number of hydrogen-bond acceptors (Lipinski definition) is 14. The van der Waals surface area contributed by atoms with Gasteiger partial charge >= 0.3 is 25.7 Å². The Kier molecular flexibility index (Phi) is 42.1. The first-order chi connectivity index (χ1) is 47.7. The summed E-state index contributed by atoms with van der Waals surface area (Å²) in [5, 5.41) is 0. The predicted molar refractivity (Wildman–Crippen MR) is 385 cm³/mol. The van der Waals surface area contributed by atoms with Crippen LogP contribution in [0.4, 0.5) is 0 Å². The molecular weight excluding hydrogens is 1240 g/mol. The Bertz CT molecular complexity index is 2810. The van der Waals surface area contributed by atoms with Crippen LogP contribution in [0.15, 0.2) is 152 Å². The predicted octanol–water partition coefficient (Wildman–Crippen LogP) is 21.0. The molecule has 1 aliphatic carbocycles. The maximum atomic E-state index is 16.4. The highest BCUT2D eigenvalue weighted by atomic mass is 31.2. The Hall–Kier alpha value is -5.54. The van der Waals surface area contributed by atoms with E-state index in [0.29, 0.717) is 24.8 Å². The van der Waals surface area contributed by atoms with Gasteiger partial charge in [-0.25, -0.2) is 4.57 Å². The van der Waals surface area contributed by atoms with Crippen LogP contribution in [0.5, 0.6) is 0 Å². The van der Waals surface area contributed by atoms with Gasteiger partial charge in [0.15, 0.2) is 12.2 Å². The second-order valence-electron chi connectivity index (χ2n) is 26.3. The first-order valence-corrected chi connectivity index (χ1v) is 38.9. The highest BCUT2D eigenvalue weighted by molar-refractivity contribution is 7.48. The average Bonchev–Trinajstić information content (AvgIpc) is 0.758. The van der Waals surface area contributed by atoms with Crippen molar-refractivity contribution in [2.75, 3.05) is 13.2 Å². The number of ether oxygens (including phenoxy) is 7. The standard InChI is InChI=1S/C82H119O14P/c1-4-7-10-12-14-16-18-20-22-24-26-28-46-59-75(84)94-73(66-87-74(83)58-35-9-6-3)67-93-97(86,92-65-72-56-44-34-45-57-72)96-82-80(91-64-71-54-42-33-43-55-71)78(89-62-69-50-38-31-39-51-69)77(88-61-68-48-36-30-37-49-68)79(90-63-70-52-40-32-41-53-70)81(82)95-76(85)60-47-29-27-25-23-21-19-17-15-13-11-8-5-2/h30-34,36-45,48-57,73,77-82H,4-29,35,46-47,58-67H2,1-3H3/t73-,77+,78+,79-,80-,81-,82+,97?/m1/s1. The van der Waals surface area contributed by atoms with E-state index in [1.807, 2.05) is 152 Å². The van der Waals surface area contributed by atoms with Crippen LogP contribution in [-0.2, 0) is 98.7 Å². The van der Waals surface area contributed by atoms with Gasteiger partial charge in [0.1, 0.15) is 37.1 Å². The number of carbonyl (C=O) groups excluding carboxylic acids is 3. The van der Waals surface area contributed by atoms with Crippen LogP contribution in [-0.4, -0.2) is 73.8 Å². The lowest BCUT2D eigenvalue weighted by molar-refractivity contribution is -0.275. The highest BCUT2D eigenvalue weighted by Gasteiger charge is 2.58. The van der Waals surface area contributed by atoms with Gasteiger partial charge < -0.3 is 33.2 Å². The van der Waals surface area contributed by atoms with E-state index in [0.717, 1.165) is 80.0 Å². The minimum Gasteiger partial charge on any atom is -0.462 e. The summed E-state index contributed by atoms with van der Waals surface area (Å²) in [5.41, 5.74) is 4.04. The van der Waals surface area contributed by atoms with E-state index in [1.54, 1.807) is 0 Å². The molecule has 536 valence electrons. The summed E-state index contributed by atoms with van der Waals surface area (Å²) < 4.78 is 83.5. The molecule has 5 aromatic carbocycles. The molecule has 5 aromatic rings. The third kappa shape index (κ3) is 34.4. The van der Waals surface area contributed by atoms with Gasteiger partial charge in [-0.05, 0) is 47.1 Å². The van der Waals surface area contributed by atoms with E-state index >= 15 is 4.57 Å². The van der Waals surface area contributed by atoms with Crippen molar-refractivity contribution in [3.63, 3.8) is 0 Å². The number of benzene rings is 5. The van der Waals surface area contributed by atoms with Crippen LogP contribution in [0.3, 0.4) is 0 Å². The molecule has 0 N–H and O–H groups in total. The number of hydrogen-bond donors (Lipinski definition) is 0. The van der Waals surface area contributed by atoms with Crippen molar-refractivity contribution in [2.24, 2.45) is 0 Å². The second-order valence-corrected chi connectivity index (χ2v) is 27.9. The minimum atomic E-state index is -4.98. The molecule has 6 rings (SSSR count). The molecule has 1 unspecified atom stereocenters. The van der Waals surface area contributed by atoms with Crippen LogP contribution in [0.2, 0.25) is 0 Å². The largest absolute Gasteiger partial charge is 0.475 e. The van der Waals surface area contributed by atoms with Crippen molar-refractivity contribution in [3.8, 4) is 0 Å². The molecule has 0 spiro atoms. The molecule has 0 aromatic heterocycles. The molecule has 97 heavy (non-hydrogen) atoms. The fourth-order valence-electron chi connectivity index (χ4n) is 12.3. The summed E-state index contributed by atoms with van der Waals surface area (Å²) in [6, 6.07) is 48.0. The number of esters is 3. The van der Waals surface area contributed by atoms with Gasteiger partial charge in [0.05, 0.1) is 39.6 Å². The molecule has 0 bridgehead atoms. The molecule has 0 heterocycles. The molecule has 1 fully saturated rings. The van der Waals surface area contributed by atoms with Crippen molar-refractivity contribution in [2.45, 2.75) is 302 Å². The Labute approximate surface area is 583 Å². The van der Waals surface area contributed by atoms with E-state index in [9.17, 15) is 14.4 Å². The van der Waals surface area contributed by atoms with Crippen LogP contribution in [0.1, 0.15) is 254 Å². The maximum absolute atomic E-state index is 16.4. The van der Waals surface area contributed by atoms with Crippen LogP contribution >= 0.6 is 7.82 Å². The Morgan fingerprint density at radius 2 is 0.608 bits per heavy atom. The molecule has 8 atom stereocenters. The zero-order valence-electron chi connectivity index (χ0n) is 59.2. The number of phosphoric acid groups is 1. The highest BCUT2D eigenvalue weighted by Crippen LogP contribution is 2.54. The number of phosphoric ester groups is 1. The summed E-state index contributed by atoms with van der Waals surface area (Å²) in [6.07, 6.45) is 24.2. The Balaban J connectivity index is 1.34. The molecule has 15 heteroatoms. The van der Waals surface area contributed by atoms with Crippen molar-refractivity contribution in [3.05, 3.63) is 179 Å². The first kappa shape index (κ1) is 80.4. The van der Waals surface area contributed by atoms with Crippen LogP contribution in [0, 0.1) is 0 Å². The normalized spacial score (nSPS) is 17.9. The van der Waals surface area contributed by atoms with E-state index in [-0.39, 0.29) is 58.9 Å². The summed E-state index contributed by atoms with van der Waals surface area (Å²) in [4.78, 5) is 42.0. The zero-order chi connectivity index (χ0) is 68.5. The number of rotatable bonds is 56. The summed E-state index contributed by atoms with van der Waals surface area (Å²) in [5.74, 6) is -1.48. The van der Waals surface area contributed by atoms with Gasteiger partial charge in [0.2, 0.25) is 0 Å². The van der Waals surface area contributed by atoms with E-state index < -0.39 is 75.1 Å². The monoisotopic (exact) mass is 1360 g/mol. The van der Waals surface area contributed by atoms with Crippen molar-refractivity contribution in [1.82, 2.24) is 0 Å². The van der Waals surface area contributed by atoms with Gasteiger partial charge in [-0.15, -0.1) is 0 Å². The van der Waals surface area contributed by atoms with Crippen LogP contribution in [0.25, 0.3) is 0 Å². The number of unbranched alkanes of at least 4 members (excludes halogenated alkanes) is 26. The summed E-state index contributed by atoms with van der Waals surface area (Å²) >= 11 is 0. The zero-order valence-corrected chi connectivity index (χ0v) is 60.1. The fraction of sp³-hybridized carbons (Fsp3) is 0.598. The van der Waals surface area contributed by atoms with Gasteiger partial charge in [-0.2, -0.15) is 0 Å².